The van der Waals surface area contributed by atoms with Gasteiger partial charge in [-0.15, -0.1) is 0 Å². The van der Waals surface area contributed by atoms with Crippen LogP contribution in [-0.2, 0) is 11.2 Å². The van der Waals surface area contributed by atoms with E-state index in [0.29, 0.717) is 6.42 Å². The summed E-state index contributed by atoms with van der Waals surface area (Å²) in [6.45, 7) is 5.64. The molecule has 3 heterocycles. The molecule has 1 aliphatic rings. The van der Waals surface area contributed by atoms with Gasteiger partial charge in [0.2, 0.25) is 0 Å². The molecule has 0 radical (unpaired) electrons. The summed E-state index contributed by atoms with van der Waals surface area (Å²) in [7, 11) is 0. The van der Waals surface area contributed by atoms with E-state index >= 15 is 0 Å². The second-order valence-electron chi connectivity index (χ2n) is 6.41. The summed E-state index contributed by atoms with van der Waals surface area (Å²) in [5.74, 6) is 0.196. The Kier molecular flexibility index (Phi) is 4.86. The molecule has 0 aromatic carbocycles. The minimum absolute atomic E-state index is 0.0600. The van der Waals surface area contributed by atoms with Gasteiger partial charge in [-0.2, -0.15) is 0 Å². The molecule has 5 nitrogen and oxygen atoms in total. The molecule has 3 N–H and O–H groups in total. The Labute approximate surface area is 147 Å². The molecule has 0 aliphatic carbocycles. The predicted molar refractivity (Wildman–Crippen MR) is 99.7 cm³/mol. The number of hydrogen-bond donors (Lipinski definition) is 3. The van der Waals surface area contributed by atoms with Crippen molar-refractivity contribution < 1.29 is 9.90 Å². The molecule has 1 aliphatic heterocycles. The number of rotatable bonds is 6. The molecule has 130 valence electrons. The predicted octanol–water partition coefficient (Wildman–Crippen LogP) is 3.24. The van der Waals surface area contributed by atoms with Crippen LogP contribution in [0.5, 0.6) is 0 Å². The van der Waals surface area contributed by atoms with E-state index in [0.717, 1.165) is 46.0 Å². The van der Waals surface area contributed by atoms with Crippen LogP contribution in [0.15, 0.2) is 40.7 Å². The van der Waals surface area contributed by atoms with Gasteiger partial charge in [-0.05, 0) is 62.6 Å². The first-order valence-corrected chi connectivity index (χ1v) is 8.43. The van der Waals surface area contributed by atoms with Crippen LogP contribution in [0.3, 0.4) is 0 Å². The standard InChI is InChI=1S/C20H23N3O2/c1-12(25)6-7-16-13(2)18(22-14(16)3)10-19-15(11-24)9-20(23-19)17-5-4-8-21-17/h4-5,8-10,21-22,24H,6-7,11H2,1-3H3. The topological polar surface area (TPSA) is 81.2 Å². The van der Waals surface area contributed by atoms with Crippen molar-refractivity contribution in [3.63, 3.8) is 0 Å². The molecule has 3 rings (SSSR count). The fourth-order valence-electron chi connectivity index (χ4n) is 3.12. The monoisotopic (exact) mass is 337 g/mol. The van der Waals surface area contributed by atoms with Crippen molar-refractivity contribution >= 4 is 17.6 Å². The fraction of sp³-hybridized carbons (Fsp3) is 0.300. The molecule has 0 fully saturated rings. The number of H-pyrrole nitrogens is 2. The Morgan fingerprint density at radius 2 is 2.16 bits per heavy atom. The lowest BCUT2D eigenvalue weighted by Gasteiger charge is -2.01. The lowest BCUT2D eigenvalue weighted by Crippen LogP contribution is -1.96. The Morgan fingerprint density at radius 3 is 2.80 bits per heavy atom. The number of aliphatic hydroxyl groups excluding tert-OH is 1. The molecule has 0 saturated carbocycles. The first kappa shape index (κ1) is 17.2. The summed E-state index contributed by atoms with van der Waals surface area (Å²) in [6, 6.07) is 3.88. The van der Waals surface area contributed by atoms with Crippen LogP contribution >= 0.6 is 0 Å². The van der Waals surface area contributed by atoms with Gasteiger partial charge in [-0.25, -0.2) is 4.99 Å². The molecule has 0 spiro atoms. The van der Waals surface area contributed by atoms with Gasteiger partial charge in [0.15, 0.2) is 0 Å². The SMILES string of the molecule is CC(=O)CCc1c(C)[nH]c(C=C2N=C(c3ccc[nH]3)C=C2CO)c1C. The van der Waals surface area contributed by atoms with E-state index in [9.17, 15) is 9.90 Å². The van der Waals surface area contributed by atoms with Gasteiger partial charge < -0.3 is 19.9 Å². The third-order valence-electron chi connectivity index (χ3n) is 4.56. The molecule has 0 saturated heterocycles. The summed E-state index contributed by atoms with van der Waals surface area (Å²) in [4.78, 5) is 22.4. The van der Waals surface area contributed by atoms with Crippen LogP contribution in [0.4, 0.5) is 0 Å². The molecular formula is C20H23N3O2. The highest BCUT2D eigenvalue weighted by Gasteiger charge is 2.17. The second kappa shape index (κ2) is 7.07. The van der Waals surface area contributed by atoms with Crippen molar-refractivity contribution in [2.75, 3.05) is 6.61 Å². The number of aliphatic hydroxyl groups is 1. The van der Waals surface area contributed by atoms with E-state index in [1.807, 2.05) is 37.4 Å². The van der Waals surface area contributed by atoms with E-state index in [2.05, 4.69) is 21.9 Å². The van der Waals surface area contributed by atoms with Crippen LogP contribution < -0.4 is 0 Å². The highest BCUT2D eigenvalue weighted by molar-refractivity contribution is 6.11. The number of aromatic nitrogens is 2. The summed E-state index contributed by atoms with van der Waals surface area (Å²) < 4.78 is 0. The van der Waals surface area contributed by atoms with E-state index in [1.165, 1.54) is 5.56 Å². The van der Waals surface area contributed by atoms with Gasteiger partial charge in [0.25, 0.3) is 0 Å². The maximum absolute atomic E-state index is 11.3. The molecule has 0 amide bonds. The molecular weight excluding hydrogens is 314 g/mol. The van der Waals surface area contributed by atoms with E-state index in [1.54, 1.807) is 6.92 Å². The highest BCUT2D eigenvalue weighted by Crippen LogP contribution is 2.27. The number of aliphatic imine (C=N–C) groups is 1. The number of hydrogen-bond acceptors (Lipinski definition) is 3. The number of carbonyl (C=O) groups excluding carboxylic acids is 1. The number of carbonyl (C=O) groups is 1. The van der Waals surface area contributed by atoms with Gasteiger partial charge >= 0.3 is 0 Å². The summed E-state index contributed by atoms with van der Waals surface area (Å²) in [6.07, 6.45) is 7.02. The normalized spacial score (nSPS) is 15.6. The minimum atomic E-state index is -0.0600. The van der Waals surface area contributed by atoms with Crippen molar-refractivity contribution in [2.24, 2.45) is 4.99 Å². The zero-order valence-electron chi connectivity index (χ0n) is 14.8. The lowest BCUT2D eigenvalue weighted by atomic mass is 10.0. The summed E-state index contributed by atoms with van der Waals surface area (Å²) in [5.41, 5.74) is 7.66. The fourth-order valence-corrected chi connectivity index (χ4v) is 3.12. The number of nitrogens with zero attached hydrogens (tertiary/aromatic N) is 1. The molecule has 0 atom stereocenters. The average molecular weight is 337 g/mol. The van der Waals surface area contributed by atoms with Crippen LogP contribution in [0.1, 0.15) is 41.6 Å². The Bertz CT molecular complexity index is 880. The van der Waals surface area contributed by atoms with E-state index < -0.39 is 0 Å². The molecule has 2 aromatic heterocycles. The number of aryl methyl sites for hydroxylation is 1. The quantitative estimate of drug-likeness (QED) is 0.756. The lowest BCUT2D eigenvalue weighted by molar-refractivity contribution is -0.116. The van der Waals surface area contributed by atoms with Crippen molar-refractivity contribution in [2.45, 2.75) is 33.6 Å². The van der Waals surface area contributed by atoms with Gasteiger partial charge in [0.05, 0.1) is 23.7 Å². The van der Waals surface area contributed by atoms with Crippen LogP contribution in [0.2, 0.25) is 0 Å². The Balaban J connectivity index is 1.94. The van der Waals surface area contributed by atoms with Gasteiger partial charge in [0, 0.05) is 29.6 Å². The summed E-state index contributed by atoms with van der Waals surface area (Å²) in [5, 5.41) is 9.66. The minimum Gasteiger partial charge on any atom is -0.392 e. The van der Waals surface area contributed by atoms with Crippen molar-refractivity contribution in [1.29, 1.82) is 0 Å². The van der Waals surface area contributed by atoms with Gasteiger partial charge in [-0.1, -0.05) is 0 Å². The van der Waals surface area contributed by atoms with Crippen molar-refractivity contribution in [3.05, 3.63) is 63.9 Å². The molecule has 5 heteroatoms. The number of ketones is 1. The maximum Gasteiger partial charge on any atom is 0.130 e. The van der Waals surface area contributed by atoms with Crippen molar-refractivity contribution in [1.82, 2.24) is 9.97 Å². The molecule has 0 bridgehead atoms. The smallest absolute Gasteiger partial charge is 0.130 e. The highest BCUT2D eigenvalue weighted by atomic mass is 16.3. The van der Waals surface area contributed by atoms with Crippen LogP contribution in [0.25, 0.3) is 6.08 Å². The molecule has 0 unspecified atom stereocenters. The van der Waals surface area contributed by atoms with Crippen LogP contribution in [0, 0.1) is 13.8 Å². The third-order valence-corrected chi connectivity index (χ3v) is 4.56. The molecule has 25 heavy (non-hydrogen) atoms. The maximum atomic E-state index is 11.3. The Morgan fingerprint density at radius 1 is 1.36 bits per heavy atom. The second-order valence-corrected chi connectivity index (χ2v) is 6.41. The third kappa shape index (κ3) is 3.56. The van der Waals surface area contributed by atoms with Gasteiger partial charge in [0.1, 0.15) is 5.78 Å². The zero-order chi connectivity index (χ0) is 18.0. The van der Waals surface area contributed by atoms with E-state index in [4.69, 9.17) is 0 Å². The number of allylic oxidation sites excluding steroid dienone is 1. The zero-order valence-corrected chi connectivity index (χ0v) is 14.8. The largest absolute Gasteiger partial charge is 0.392 e. The van der Waals surface area contributed by atoms with Crippen LogP contribution in [-0.4, -0.2) is 33.2 Å². The summed E-state index contributed by atoms with van der Waals surface area (Å²) >= 11 is 0. The van der Waals surface area contributed by atoms with Gasteiger partial charge in [-0.3, -0.25) is 0 Å². The van der Waals surface area contributed by atoms with E-state index in [-0.39, 0.29) is 12.4 Å². The first-order chi connectivity index (χ1) is 12.0. The van der Waals surface area contributed by atoms with Crippen molar-refractivity contribution in [3.8, 4) is 0 Å². The number of aromatic amines is 2. The number of nitrogens with one attached hydrogen (secondary N) is 2. The Hall–Kier alpha value is -2.66. The average Bonchev–Trinajstić information content (AvgIpc) is 3.27. The first-order valence-electron chi connectivity index (χ1n) is 8.43. The number of Topliss-reactive ketones (excluding diaryl/α,β-unsaturated/α-hetero) is 1. The molecule has 2 aromatic rings.